The van der Waals surface area contributed by atoms with Crippen LogP contribution in [0.1, 0.15) is 6.23 Å². The number of aromatic amines is 1. The largest absolute Gasteiger partial charge is 0.508 e. The van der Waals surface area contributed by atoms with Crippen LogP contribution in [0, 0.1) is 0 Å². The fourth-order valence-corrected chi connectivity index (χ4v) is 5.39. The highest BCUT2D eigenvalue weighted by atomic mass is 31.3. The fraction of sp³-hybridized carbons (Fsp3) is 0.733. The second kappa shape index (κ2) is 12.6. The lowest BCUT2D eigenvalue weighted by Gasteiger charge is -2.39. The molecule has 3 unspecified atom stereocenters. The molecule has 2 saturated heterocycles. The topological polar surface area (TPSA) is 335 Å². The van der Waals surface area contributed by atoms with Gasteiger partial charge in [-0.3, -0.25) is 18.9 Å². The summed E-state index contributed by atoms with van der Waals surface area (Å²) in [7, 11) is -11.3. The molecule has 2 aliphatic rings. The minimum absolute atomic E-state index is 0.602. The molecule has 2 aliphatic heterocycles. The van der Waals surface area contributed by atoms with Crippen molar-refractivity contribution in [1.82, 2.24) is 9.55 Å². The van der Waals surface area contributed by atoms with Gasteiger partial charge in [-0.05, 0) is 5.53 Å². The summed E-state index contributed by atoms with van der Waals surface area (Å²) in [6, 6.07) is 0.937. The van der Waals surface area contributed by atoms with Crippen LogP contribution in [-0.4, -0.2) is 107 Å². The number of azide groups is 1. The Morgan fingerprint density at radius 2 is 1.67 bits per heavy atom. The predicted octanol–water partition coefficient (Wildman–Crippen LogP) is -3.54. The third-order valence-corrected chi connectivity index (χ3v) is 7.70. The van der Waals surface area contributed by atoms with Crippen molar-refractivity contribution in [3.63, 3.8) is 0 Å². The quantitative estimate of drug-likeness (QED) is 0.0301. The molecule has 11 atom stereocenters. The summed E-state index contributed by atoms with van der Waals surface area (Å²) in [6.07, 6.45) is -15.3. The highest BCUT2D eigenvalue weighted by molar-refractivity contribution is 7.61. The molecule has 24 heteroatoms. The van der Waals surface area contributed by atoms with E-state index in [1.165, 1.54) is 0 Å². The maximum absolute atomic E-state index is 12.2. The lowest BCUT2D eigenvalue weighted by atomic mass is 9.99. The Balaban J connectivity index is 1.56. The van der Waals surface area contributed by atoms with Gasteiger partial charge in [0.25, 0.3) is 5.56 Å². The van der Waals surface area contributed by atoms with E-state index in [-0.39, 0.29) is 0 Å². The molecular formula is C15H23N5O17P2. The van der Waals surface area contributed by atoms with Crippen molar-refractivity contribution in [1.29, 1.82) is 0 Å². The van der Waals surface area contributed by atoms with E-state index in [0.717, 1.165) is 16.8 Å². The molecule has 39 heavy (non-hydrogen) atoms. The van der Waals surface area contributed by atoms with E-state index >= 15 is 0 Å². The lowest BCUT2D eigenvalue weighted by Crippen LogP contribution is -2.58. The van der Waals surface area contributed by atoms with Crippen molar-refractivity contribution in [3.8, 4) is 0 Å². The number of phosphoric ester groups is 1. The van der Waals surface area contributed by atoms with Crippen molar-refractivity contribution in [2.75, 3.05) is 13.2 Å². The predicted molar refractivity (Wildman–Crippen MR) is 117 cm³/mol. The molecular weight excluding hydrogens is 584 g/mol. The number of phosphoric acid groups is 2. The van der Waals surface area contributed by atoms with E-state index in [9.17, 15) is 54.0 Å². The van der Waals surface area contributed by atoms with Gasteiger partial charge in [0.1, 0.15) is 43.2 Å². The Morgan fingerprint density at radius 3 is 2.31 bits per heavy atom. The number of aliphatic hydroxyl groups excluding tert-OH is 5. The molecule has 1 aromatic heterocycles. The van der Waals surface area contributed by atoms with Crippen LogP contribution in [0.4, 0.5) is 0 Å². The monoisotopic (exact) mass is 607 g/mol. The molecule has 0 saturated carbocycles. The van der Waals surface area contributed by atoms with Crippen LogP contribution in [0.25, 0.3) is 10.4 Å². The Hall–Kier alpha value is -2.07. The van der Waals surface area contributed by atoms with Crippen LogP contribution in [0.15, 0.2) is 27.0 Å². The minimum Gasteiger partial charge on any atom is -0.388 e. The molecule has 3 rings (SSSR count). The number of ether oxygens (including phenoxy) is 2. The third kappa shape index (κ3) is 7.78. The molecule has 220 valence electrons. The van der Waals surface area contributed by atoms with Crippen LogP contribution >= 0.6 is 15.6 Å². The van der Waals surface area contributed by atoms with Crippen molar-refractivity contribution < 1.29 is 72.3 Å². The van der Waals surface area contributed by atoms with Gasteiger partial charge < -0.3 is 44.8 Å². The highest BCUT2D eigenvalue weighted by Gasteiger charge is 2.49. The van der Waals surface area contributed by atoms with Crippen molar-refractivity contribution in [3.05, 3.63) is 43.5 Å². The molecule has 0 bridgehead atoms. The van der Waals surface area contributed by atoms with Crippen LogP contribution in [-0.2, 0) is 37.0 Å². The zero-order valence-electron chi connectivity index (χ0n) is 19.2. The van der Waals surface area contributed by atoms with Gasteiger partial charge in [0.2, 0.25) is 0 Å². The van der Waals surface area contributed by atoms with Gasteiger partial charge in [-0.2, -0.15) is 4.31 Å². The van der Waals surface area contributed by atoms with Gasteiger partial charge in [0.05, 0.1) is 12.6 Å². The molecule has 0 radical (unpaired) electrons. The van der Waals surface area contributed by atoms with Gasteiger partial charge in [0, 0.05) is 17.2 Å². The molecule has 0 aromatic carbocycles. The molecule has 0 amide bonds. The first-order valence-electron chi connectivity index (χ1n) is 10.6. The summed E-state index contributed by atoms with van der Waals surface area (Å²) < 4.78 is 47.7. The van der Waals surface area contributed by atoms with Gasteiger partial charge >= 0.3 is 21.3 Å². The van der Waals surface area contributed by atoms with E-state index in [1.807, 2.05) is 4.98 Å². The SMILES string of the molecule is [N-]=[N+]=NC[C@H]1OC(OP(=O)(O)OP(=O)(O)OOC[C@H]2O[C@H](n3ccc(=O)[nH]c3=O)[C@H](O)[C@@H]2O)[C@H](O)[C@@H](O)[C@H]1O. The number of hydrogen-bond donors (Lipinski definition) is 8. The molecule has 1 aromatic rings. The first-order valence-corrected chi connectivity index (χ1v) is 13.5. The van der Waals surface area contributed by atoms with Crippen molar-refractivity contribution >= 4 is 15.6 Å². The summed E-state index contributed by atoms with van der Waals surface area (Å²) >= 11 is 0. The maximum atomic E-state index is 12.2. The Kier molecular flexibility index (Phi) is 10.2. The van der Waals surface area contributed by atoms with E-state index in [1.54, 1.807) is 0 Å². The number of hydrogen-bond acceptors (Lipinski definition) is 16. The average molecular weight is 607 g/mol. The number of H-pyrrole nitrogens is 1. The van der Waals surface area contributed by atoms with Crippen LogP contribution in [0.2, 0.25) is 0 Å². The highest BCUT2D eigenvalue weighted by Crippen LogP contribution is 2.61. The fourth-order valence-electron chi connectivity index (χ4n) is 3.45. The van der Waals surface area contributed by atoms with Crippen molar-refractivity contribution in [2.24, 2.45) is 5.11 Å². The zero-order chi connectivity index (χ0) is 29.1. The van der Waals surface area contributed by atoms with Crippen LogP contribution in [0.3, 0.4) is 0 Å². The maximum Gasteiger partial charge on any atom is 0.508 e. The molecule has 22 nitrogen and oxygen atoms in total. The van der Waals surface area contributed by atoms with Crippen LogP contribution in [0.5, 0.6) is 0 Å². The van der Waals surface area contributed by atoms with Gasteiger partial charge in [-0.25, -0.2) is 18.8 Å². The third-order valence-electron chi connectivity index (χ3n) is 5.28. The second-order valence-electron chi connectivity index (χ2n) is 7.98. The zero-order valence-corrected chi connectivity index (χ0v) is 21.0. The summed E-state index contributed by atoms with van der Waals surface area (Å²) in [4.78, 5) is 51.3. The smallest absolute Gasteiger partial charge is 0.388 e. The summed E-state index contributed by atoms with van der Waals surface area (Å²) in [6.45, 7) is -1.51. The summed E-state index contributed by atoms with van der Waals surface area (Å²) in [5, 5.41) is 52.9. The average Bonchev–Trinajstić information content (AvgIpc) is 3.11. The minimum atomic E-state index is -5.65. The molecule has 8 N–H and O–H groups in total. The Bertz CT molecular complexity index is 1270. The number of nitrogens with one attached hydrogen (secondary N) is 1. The first-order chi connectivity index (χ1) is 18.2. The van der Waals surface area contributed by atoms with E-state index in [4.69, 9.17) is 15.0 Å². The van der Waals surface area contributed by atoms with E-state index < -0.39 is 95.3 Å². The van der Waals surface area contributed by atoms with Gasteiger partial charge in [-0.1, -0.05) is 5.11 Å². The molecule has 2 fully saturated rings. The standard InChI is InChI=1S/C15H23N5O17P2/c16-19-17-3-5-8(22)10(24)12(26)14(34-5)35-38(28,29)37-39(30,31)36-32-4-6-9(23)11(25)13(33-6)20-2-1-7(21)18-15(20)27/h1-2,5-6,8-14,22-26H,3-4H2,(H,28,29)(H,30,31)(H,18,21,27)/t5-,6-,8+,9-,10+,11-,12-,13+,14?/m1/s1. The molecule has 3 heterocycles. The number of aromatic nitrogens is 2. The van der Waals surface area contributed by atoms with Gasteiger partial charge in [0.15, 0.2) is 12.5 Å². The number of rotatable bonds is 11. The molecule has 0 aliphatic carbocycles. The summed E-state index contributed by atoms with van der Waals surface area (Å²) in [5.74, 6) is 0. The second-order valence-corrected chi connectivity index (χ2v) is 10.9. The molecule has 0 spiro atoms. The van der Waals surface area contributed by atoms with E-state index in [2.05, 4.69) is 28.4 Å². The van der Waals surface area contributed by atoms with Crippen LogP contribution < -0.4 is 11.2 Å². The Labute approximate surface area is 215 Å². The lowest BCUT2D eigenvalue weighted by molar-refractivity contribution is -0.273. The number of nitrogens with zero attached hydrogens (tertiary/aromatic N) is 4. The summed E-state index contributed by atoms with van der Waals surface area (Å²) in [5.41, 5.74) is 6.64. The normalized spacial score (nSPS) is 36.0. The number of aliphatic hydroxyl groups is 5. The Morgan fingerprint density at radius 1 is 1.00 bits per heavy atom. The first kappa shape index (κ1) is 31.5. The van der Waals surface area contributed by atoms with Crippen molar-refractivity contribution in [2.45, 2.75) is 55.2 Å². The van der Waals surface area contributed by atoms with E-state index in [0.29, 0.717) is 0 Å². The van der Waals surface area contributed by atoms with Gasteiger partial charge in [-0.15, -0.1) is 4.67 Å².